The van der Waals surface area contributed by atoms with Crippen molar-refractivity contribution in [2.75, 3.05) is 19.6 Å². The van der Waals surface area contributed by atoms with Crippen LogP contribution in [0.25, 0.3) is 5.69 Å². The average molecular weight is 458 g/mol. The minimum Gasteiger partial charge on any atom is -0.335 e. The fraction of sp³-hybridized carbons (Fsp3) is 0.273. The Morgan fingerprint density at radius 3 is 2.35 bits per heavy atom. The van der Waals surface area contributed by atoms with E-state index in [0.29, 0.717) is 35.2 Å². The Balaban J connectivity index is 1.50. The number of hydrogen-bond acceptors (Lipinski definition) is 4. The largest absolute Gasteiger partial charge is 0.335 e. The van der Waals surface area contributed by atoms with Crippen molar-refractivity contribution in [1.29, 1.82) is 0 Å². The third kappa shape index (κ3) is 4.43. The van der Waals surface area contributed by atoms with Crippen LogP contribution in [0.2, 0.25) is 10.0 Å². The van der Waals surface area contributed by atoms with Gasteiger partial charge in [-0.1, -0.05) is 35.3 Å². The molecule has 2 heterocycles. The molecule has 1 aromatic heterocycles. The molecular weight excluding hydrogens is 437 g/mol. The van der Waals surface area contributed by atoms with Gasteiger partial charge in [-0.15, -0.1) is 5.10 Å². The lowest BCUT2D eigenvalue weighted by molar-refractivity contribution is 0.0160. The van der Waals surface area contributed by atoms with Crippen LogP contribution >= 0.6 is 23.2 Å². The van der Waals surface area contributed by atoms with Gasteiger partial charge in [-0.2, -0.15) is 0 Å². The van der Waals surface area contributed by atoms with E-state index in [1.165, 1.54) is 11.0 Å². The van der Waals surface area contributed by atoms with Gasteiger partial charge in [0.2, 0.25) is 5.82 Å². The maximum Gasteiger partial charge on any atom is 0.294 e. The highest BCUT2D eigenvalue weighted by Gasteiger charge is 2.40. The summed E-state index contributed by atoms with van der Waals surface area (Å²) < 4.78 is 1.52. The first-order valence-electron chi connectivity index (χ1n) is 9.79. The summed E-state index contributed by atoms with van der Waals surface area (Å²) in [5.41, 5.74) is 0.658. The molecule has 1 saturated heterocycles. The maximum atomic E-state index is 13.2. The van der Waals surface area contributed by atoms with Crippen molar-refractivity contribution in [2.24, 2.45) is 0 Å². The standard InChI is InChI=1S/C22H21Cl2N5O2/c1-22(2)13-27(20(30)15-5-3-6-16(23)11-15)9-10-28(22)21(31)19-25-14-29(26-19)18-8-4-7-17(24)12-18/h3-8,11-12,14H,9-10,13H2,1-2H3. The Bertz CT molecular complexity index is 1140. The highest BCUT2D eigenvalue weighted by atomic mass is 35.5. The number of hydrogen-bond donors (Lipinski definition) is 0. The van der Waals surface area contributed by atoms with Crippen molar-refractivity contribution in [1.82, 2.24) is 24.6 Å². The molecule has 0 N–H and O–H groups in total. The van der Waals surface area contributed by atoms with Crippen LogP contribution in [0.3, 0.4) is 0 Å². The topological polar surface area (TPSA) is 71.3 Å². The van der Waals surface area contributed by atoms with Gasteiger partial charge in [0, 0.05) is 35.2 Å². The number of benzene rings is 2. The highest BCUT2D eigenvalue weighted by Crippen LogP contribution is 2.25. The first-order valence-corrected chi connectivity index (χ1v) is 10.5. The quantitative estimate of drug-likeness (QED) is 0.596. The fourth-order valence-electron chi connectivity index (χ4n) is 3.73. The van der Waals surface area contributed by atoms with Crippen LogP contribution in [0.5, 0.6) is 0 Å². The molecule has 7 nitrogen and oxygen atoms in total. The van der Waals surface area contributed by atoms with E-state index in [2.05, 4.69) is 10.1 Å². The zero-order valence-electron chi connectivity index (χ0n) is 17.1. The minimum atomic E-state index is -0.592. The summed E-state index contributed by atoms with van der Waals surface area (Å²) in [6, 6.07) is 14.0. The number of piperazine rings is 1. The average Bonchev–Trinajstić information content (AvgIpc) is 3.22. The summed E-state index contributed by atoms with van der Waals surface area (Å²) in [5.74, 6) is -0.283. The molecule has 1 fully saturated rings. The van der Waals surface area contributed by atoms with E-state index in [1.807, 2.05) is 19.9 Å². The number of carbonyl (C=O) groups excluding carboxylic acids is 2. The van der Waals surface area contributed by atoms with Gasteiger partial charge in [-0.3, -0.25) is 9.59 Å². The van der Waals surface area contributed by atoms with Crippen molar-refractivity contribution < 1.29 is 9.59 Å². The van der Waals surface area contributed by atoms with Crippen molar-refractivity contribution in [2.45, 2.75) is 19.4 Å². The Labute approximate surface area is 190 Å². The first kappa shape index (κ1) is 21.3. The van der Waals surface area contributed by atoms with Crippen LogP contribution in [-0.4, -0.2) is 61.6 Å². The normalized spacial score (nSPS) is 15.7. The SMILES string of the molecule is CC1(C)CN(C(=O)c2cccc(Cl)c2)CCN1C(=O)c1ncn(-c2cccc(Cl)c2)n1. The second-order valence-corrected chi connectivity index (χ2v) is 8.87. The molecule has 0 radical (unpaired) electrons. The molecule has 0 aliphatic carbocycles. The van der Waals surface area contributed by atoms with Crippen LogP contribution in [0, 0.1) is 0 Å². The predicted molar refractivity (Wildman–Crippen MR) is 119 cm³/mol. The van der Waals surface area contributed by atoms with E-state index in [9.17, 15) is 9.59 Å². The second kappa shape index (κ2) is 8.32. The first-order chi connectivity index (χ1) is 14.7. The lowest BCUT2D eigenvalue weighted by Crippen LogP contribution is -2.62. The van der Waals surface area contributed by atoms with E-state index in [0.717, 1.165) is 5.69 Å². The van der Waals surface area contributed by atoms with E-state index in [4.69, 9.17) is 23.2 Å². The molecule has 0 unspecified atom stereocenters. The number of carbonyl (C=O) groups is 2. The molecule has 9 heteroatoms. The molecule has 0 saturated carbocycles. The van der Waals surface area contributed by atoms with Gasteiger partial charge in [0.05, 0.1) is 11.2 Å². The van der Waals surface area contributed by atoms with Crippen LogP contribution in [0.15, 0.2) is 54.9 Å². The van der Waals surface area contributed by atoms with Crippen LogP contribution in [0.1, 0.15) is 34.8 Å². The monoisotopic (exact) mass is 457 g/mol. The van der Waals surface area contributed by atoms with Gasteiger partial charge in [0.1, 0.15) is 6.33 Å². The molecule has 0 atom stereocenters. The lowest BCUT2D eigenvalue weighted by atomic mass is 9.97. The number of nitrogens with zero attached hydrogens (tertiary/aromatic N) is 5. The molecule has 0 spiro atoms. The zero-order chi connectivity index (χ0) is 22.2. The lowest BCUT2D eigenvalue weighted by Gasteiger charge is -2.46. The summed E-state index contributed by atoms with van der Waals surface area (Å²) in [7, 11) is 0. The molecule has 1 aliphatic heterocycles. The van der Waals surface area contributed by atoms with Crippen molar-refractivity contribution in [3.05, 3.63) is 76.3 Å². The van der Waals surface area contributed by atoms with E-state index in [-0.39, 0.29) is 17.6 Å². The molecule has 2 aromatic carbocycles. The van der Waals surface area contributed by atoms with Crippen molar-refractivity contribution >= 4 is 35.0 Å². The molecular formula is C22H21Cl2N5O2. The second-order valence-electron chi connectivity index (χ2n) is 8.00. The summed E-state index contributed by atoms with van der Waals surface area (Å²) in [6.45, 7) is 5.03. The van der Waals surface area contributed by atoms with E-state index in [1.54, 1.807) is 52.3 Å². The summed E-state index contributed by atoms with van der Waals surface area (Å²) in [4.78, 5) is 33.7. The van der Waals surface area contributed by atoms with Gasteiger partial charge >= 0.3 is 0 Å². The van der Waals surface area contributed by atoms with Crippen LogP contribution in [-0.2, 0) is 0 Å². The summed E-state index contributed by atoms with van der Waals surface area (Å²) in [6.07, 6.45) is 1.49. The van der Waals surface area contributed by atoms with Crippen LogP contribution in [0.4, 0.5) is 0 Å². The third-order valence-corrected chi connectivity index (χ3v) is 5.73. The number of aromatic nitrogens is 3. The van der Waals surface area contributed by atoms with Gasteiger partial charge in [0.15, 0.2) is 0 Å². The Morgan fingerprint density at radius 1 is 0.968 bits per heavy atom. The summed E-state index contributed by atoms with van der Waals surface area (Å²) >= 11 is 12.1. The van der Waals surface area contributed by atoms with Gasteiger partial charge in [0.25, 0.3) is 11.8 Å². The third-order valence-electron chi connectivity index (χ3n) is 5.26. The molecule has 4 rings (SSSR count). The minimum absolute atomic E-state index is 0.0997. The molecule has 2 amide bonds. The Morgan fingerprint density at radius 2 is 1.68 bits per heavy atom. The van der Waals surface area contributed by atoms with E-state index >= 15 is 0 Å². The van der Waals surface area contributed by atoms with Crippen LogP contribution < -0.4 is 0 Å². The molecule has 160 valence electrons. The number of rotatable bonds is 3. The predicted octanol–water partition coefficient (Wildman–Crippen LogP) is 3.95. The fourth-order valence-corrected chi connectivity index (χ4v) is 4.11. The Hall–Kier alpha value is -2.90. The van der Waals surface area contributed by atoms with E-state index < -0.39 is 5.54 Å². The van der Waals surface area contributed by atoms with Crippen molar-refractivity contribution in [3.63, 3.8) is 0 Å². The van der Waals surface area contributed by atoms with Gasteiger partial charge in [-0.25, -0.2) is 9.67 Å². The number of halogens is 2. The highest BCUT2D eigenvalue weighted by molar-refractivity contribution is 6.31. The molecule has 0 bridgehead atoms. The number of amides is 2. The smallest absolute Gasteiger partial charge is 0.294 e. The maximum absolute atomic E-state index is 13.2. The van der Waals surface area contributed by atoms with Crippen molar-refractivity contribution in [3.8, 4) is 5.69 Å². The zero-order valence-corrected chi connectivity index (χ0v) is 18.6. The summed E-state index contributed by atoms with van der Waals surface area (Å²) in [5, 5.41) is 5.42. The molecule has 3 aromatic rings. The van der Waals surface area contributed by atoms with Gasteiger partial charge < -0.3 is 9.80 Å². The molecule has 31 heavy (non-hydrogen) atoms. The Kier molecular flexibility index (Phi) is 5.73. The molecule has 1 aliphatic rings. The van der Waals surface area contributed by atoms with Gasteiger partial charge in [-0.05, 0) is 50.2 Å².